The van der Waals surface area contributed by atoms with Crippen molar-refractivity contribution in [3.8, 4) is 23.0 Å². The summed E-state index contributed by atoms with van der Waals surface area (Å²) in [6.45, 7) is 2.69. The highest BCUT2D eigenvalue weighted by molar-refractivity contribution is 7.99. The first kappa shape index (κ1) is 27.1. The van der Waals surface area contributed by atoms with Crippen molar-refractivity contribution < 1.29 is 18.7 Å². The summed E-state index contributed by atoms with van der Waals surface area (Å²) in [5, 5.41) is 6.53. The summed E-state index contributed by atoms with van der Waals surface area (Å²) in [6, 6.07) is 10.9. The van der Waals surface area contributed by atoms with Gasteiger partial charge in [-0.15, -0.1) is 0 Å². The molecule has 2 N–H and O–H groups in total. The molecule has 0 bridgehead atoms. The number of hydrogen-bond donors (Lipinski definition) is 2. The van der Waals surface area contributed by atoms with Gasteiger partial charge < -0.3 is 20.1 Å². The molecule has 0 saturated heterocycles. The van der Waals surface area contributed by atoms with Crippen LogP contribution in [-0.4, -0.2) is 65.2 Å². The Morgan fingerprint density at radius 1 is 1.11 bits per heavy atom. The molecule has 0 saturated carbocycles. The van der Waals surface area contributed by atoms with E-state index in [0.717, 1.165) is 11.8 Å². The third-order valence-electron chi connectivity index (χ3n) is 6.34. The number of carbonyl (C=O) groups excluding carboxylic acids is 1. The van der Waals surface area contributed by atoms with E-state index in [1.807, 2.05) is 30.5 Å². The first-order chi connectivity index (χ1) is 18.4. The quantitative estimate of drug-likeness (QED) is 0.301. The molecule has 0 aliphatic rings. The molecule has 11 heteroatoms. The number of halogens is 1. The number of methoxy groups -OCH3 is 2. The van der Waals surface area contributed by atoms with Crippen LogP contribution >= 0.6 is 11.8 Å². The van der Waals surface area contributed by atoms with Gasteiger partial charge in [-0.2, -0.15) is 11.8 Å². The molecule has 3 aromatic heterocycles. The van der Waals surface area contributed by atoms with Gasteiger partial charge in [0.05, 0.1) is 42.9 Å². The lowest BCUT2D eigenvalue weighted by atomic mass is 9.93. The molecule has 2 unspecified atom stereocenters. The summed E-state index contributed by atoms with van der Waals surface area (Å²) in [5.74, 6) is 0.467. The Morgan fingerprint density at radius 2 is 1.92 bits per heavy atom. The summed E-state index contributed by atoms with van der Waals surface area (Å²) in [7, 11) is 4.57. The smallest absolute Gasteiger partial charge is 0.257 e. The van der Waals surface area contributed by atoms with Crippen LogP contribution in [0.3, 0.4) is 0 Å². The number of fused-ring (bicyclic) bond motifs is 1. The second-order valence-electron chi connectivity index (χ2n) is 8.44. The normalized spacial score (nSPS) is 12.6. The van der Waals surface area contributed by atoms with Gasteiger partial charge in [0.2, 0.25) is 0 Å². The van der Waals surface area contributed by atoms with E-state index in [1.165, 1.54) is 20.5 Å². The number of hydrogen-bond acceptors (Lipinski definition) is 9. The largest absolute Gasteiger partial charge is 0.491 e. The zero-order valence-corrected chi connectivity index (χ0v) is 22.6. The number of benzene rings is 1. The van der Waals surface area contributed by atoms with E-state index in [4.69, 9.17) is 9.47 Å². The highest BCUT2D eigenvalue weighted by atomic mass is 32.2. The lowest BCUT2D eigenvalue weighted by molar-refractivity contribution is 0.0960. The maximum Gasteiger partial charge on any atom is 0.257 e. The van der Waals surface area contributed by atoms with E-state index in [-0.39, 0.29) is 16.7 Å². The van der Waals surface area contributed by atoms with Crippen molar-refractivity contribution in [1.29, 1.82) is 0 Å². The van der Waals surface area contributed by atoms with Crippen LogP contribution in [0, 0.1) is 5.82 Å². The van der Waals surface area contributed by atoms with Crippen LogP contribution in [0.2, 0.25) is 0 Å². The van der Waals surface area contributed by atoms with E-state index in [2.05, 4.69) is 37.5 Å². The number of pyridine rings is 2. The molecule has 2 atom stereocenters. The number of amides is 1. The minimum Gasteiger partial charge on any atom is -0.491 e. The standard InChI is InChI=1S/C27H29FN6O3S/c1-15(16-7-6-8-17-24(26(35)29-2)18(28)12-31-25(16)17)22(38-5)13-30-23-11-20(32-14-33-23)19-9-10-21(36-3)27(34-19)37-4/h6-12,14-15,22H,13H2,1-5H3,(H,29,35)(H,30,32,33). The van der Waals surface area contributed by atoms with Crippen molar-refractivity contribution in [1.82, 2.24) is 25.3 Å². The third kappa shape index (κ3) is 5.47. The number of nitrogens with one attached hydrogen (secondary N) is 2. The number of para-hydroxylation sites is 1. The van der Waals surface area contributed by atoms with E-state index in [1.54, 1.807) is 31.0 Å². The molecule has 3 heterocycles. The number of rotatable bonds is 10. The second-order valence-corrected chi connectivity index (χ2v) is 9.52. The molecule has 198 valence electrons. The Hall–Kier alpha value is -3.99. The molecule has 9 nitrogen and oxygen atoms in total. The molecule has 4 rings (SSSR count). The van der Waals surface area contributed by atoms with Crippen molar-refractivity contribution in [2.45, 2.75) is 18.1 Å². The molecule has 0 radical (unpaired) electrons. The number of ether oxygens (including phenoxy) is 2. The van der Waals surface area contributed by atoms with Crippen LogP contribution in [-0.2, 0) is 0 Å². The highest BCUT2D eigenvalue weighted by Gasteiger charge is 2.23. The SMILES string of the molecule is CNC(=O)c1c(F)cnc2c(C(C)C(CNc3cc(-c4ccc(OC)c(OC)n4)ncn3)SC)cccc12. The van der Waals surface area contributed by atoms with E-state index >= 15 is 0 Å². The fourth-order valence-corrected chi connectivity index (χ4v) is 5.09. The predicted octanol–water partition coefficient (Wildman–Crippen LogP) is 4.55. The maximum atomic E-state index is 14.5. The summed E-state index contributed by atoms with van der Waals surface area (Å²) in [6.07, 6.45) is 4.63. The van der Waals surface area contributed by atoms with Crippen LogP contribution in [0.5, 0.6) is 11.6 Å². The van der Waals surface area contributed by atoms with Gasteiger partial charge in [0.25, 0.3) is 11.8 Å². The fraction of sp³-hybridized carbons (Fsp3) is 0.296. The second kappa shape index (κ2) is 12.0. The lowest BCUT2D eigenvalue weighted by Crippen LogP contribution is -2.24. The van der Waals surface area contributed by atoms with Gasteiger partial charge in [-0.05, 0) is 29.9 Å². The van der Waals surface area contributed by atoms with Crippen molar-refractivity contribution in [2.75, 3.05) is 39.4 Å². The molecule has 0 aliphatic carbocycles. The Labute approximate surface area is 224 Å². The van der Waals surface area contributed by atoms with Crippen LogP contribution in [0.25, 0.3) is 22.3 Å². The van der Waals surface area contributed by atoms with Crippen molar-refractivity contribution >= 4 is 34.4 Å². The monoisotopic (exact) mass is 536 g/mol. The molecule has 0 spiro atoms. The summed E-state index contributed by atoms with van der Waals surface area (Å²) < 4.78 is 25.1. The number of anilines is 1. The minimum absolute atomic E-state index is 0.00247. The number of carbonyl (C=O) groups is 1. The third-order valence-corrected chi connectivity index (χ3v) is 7.52. The highest BCUT2D eigenvalue weighted by Crippen LogP contribution is 2.33. The zero-order chi connectivity index (χ0) is 27.2. The average Bonchev–Trinajstić information content (AvgIpc) is 2.96. The molecular weight excluding hydrogens is 507 g/mol. The molecule has 4 aromatic rings. The topological polar surface area (TPSA) is 111 Å². The summed E-state index contributed by atoms with van der Waals surface area (Å²) in [4.78, 5) is 29.9. The van der Waals surface area contributed by atoms with E-state index < -0.39 is 11.7 Å². The summed E-state index contributed by atoms with van der Waals surface area (Å²) >= 11 is 1.70. The number of thioether (sulfide) groups is 1. The Balaban J connectivity index is 1.56. The molecule has 0 fully saturated rings. The van der Waals surface area contributed by atoms with Gasteiger partial charge >= 0.3 is 0 Å². The number of aromatic nitrogens is 4. The van der Waals surface area contributed by atoms with E-state index in [0.29, 0.717) is 46.3 Å². The van der Waals surface area contributed by atoms with Crippen molar-refractivity contribution in [3.63, 3.8) is 0 Å². The van der Waals surface area contributed by atoms with Crippen molar-refractivity contribution in [2.24, 2.45) is 0 Å². The molecule has 0 aliphatic heterocycles. The molecule has 1 amide bonds. The van der Waals surface area contributed by atoms with Gasteiger partial charge in [0.1, 0.15) is 12.1 Å². The predicted molar refractivity (Wildman–Crippen MR) is 148 cm³/mol. The van der Waals surface area contributed by atoms with Crippen molar-refractivity contribution in [3.05, 3.63) is 65.9 Å². The first-order valence-corrected chi connectivity index (χ1v) is 13.2. The fourth-order valence-electron chi connectivity index (χ4n) is 4.28. The Bertz CT molecular complexity index is 1450. The molecule has 38 heavy (non-hydrogen) atoms. The Kier molecular flexibility index (Phi) is 8.57. The molecular formula is C27H29FN6O3S. The van der Waals surface area contributed by atoms with Crippen LogP contribution in [0.1, 0.15) is 28.8 Å². The van der Waals surface area contributed by atoms with Crippen LogP contribution in [0.4, 0.5) is 10.2 Å². The van der Waals surface area contributed by atoms with Crippen LogP contribution in [0.15, 0.2) is 48.9 Å². The molecule has 1 aromatic carbocycles. The van der Waals surface area contributed by atoms with Gasteiger partial charge in [0.15, 0.2) is 11.6 Å². The van der Waals surface area contributed by atoms with Gasteiger partial charge in [-0.25, -0.2) is 19.3 Å². The number of nitrogens with zero attached hydrogens (tertiary/aromatic N) is 4. The minimum atomic E-state index is -0.645. The summed E-state index contributed by atoms with van der Waals surface area (Å²) in [5.41, 5.74) is 2.82. The van der Waals surface area contributed by atoms with Crippen LogP contribution < -0.4 is 20.1 Å². The first-order valence-electron chi connectivity index (χ1n) is 11.9. The average molecular weight is 537 g/mol. The van der Waals surface area contributed by atoms with Gasteiger partial charge in [-0.1, -0.05) is 25.1 Å². The zero-order valence-electron chi connectivity index (χ0n) is 21.8. The van der Waals surface area contributed by atoms with E-state index in [9.17, 15) is 9.18 Å². The maximum absolute atomic E-state index is 14.5. The van der Waals surface area contributed by atoms with Gasteiger partial charge in [0, 0.05) is 30.3 Å². The lowest BCUT2D eigenvalue weighted by Gasteiger charge is -2.24. The van der Waals surface area contributed by atoms with Gasteiger partial charge in [-0.3, -0.25) is 9.78 Å². The Morgan fingerprint density at radius 3 is 2.63 bits per heavy atom.